The lowest BCUT2D eigenvalue weighted by Crippen LogP contribution is -2.50. The number of aromatic nitrogens is 1. The van der Waals surface area contributed by atoms with Crippen LogP contribution in [0.4, 0.5) is 4.79 Å². The minimum Gasteiger partial charge on any atom is -0.463 e. The van der Waals surface area contributed by atoms with Crippen molar-refractivity contribution in [2.24, 2.45) is 5.92 Å². The van der Waals surface area contributed by atoms with Gasteiger partial charge in [0.05, 0.1) is 5.54 Å². The molecule has 1 heterocycles. The van der Waals surface area contributed by atoms with E-state index in [1.807, 2.05) is 40.7 Å². The summed E-state index contributed by atoms with van der Waals surface area (Å²) in [5.41, 5.74) is 0.132. The molecule has 1 rings (SSSR count). The zero-order valence-corrected chi connectivity index (χ0v) is 14.1. The highest BCUT2D eigenvalue weighted by Gasteiger charge is 2.34. The van der Waals surface area contributed by atoms with Crippen LogP contribution < -0.4 is 4.84 Å². The lowest BCUT2D eigenvalue weighted by atomic mass is 9.92. The monoisotopic (exact) mass is 344 g/mol. The van der Waals surface area contributed by atoms with Crippen molar-refractivity contribution in [1.82, 2.24) is 10.0 Å². The summed E-state index contributed by atoms with van der Waals surface area (Å²) in [5.74, 6) is 0.654. The smallest absolute Gasteiger partial charge is 0.441 e. The van der Waals surface area contributed by atoms with Crippen molar-refractivity contribution < 1.29 is 14.7 Å². The van der Waals surface area contributed by atoms with Crippen LogP contribution in [0.1, 0.15) is 39.7 Å². The molecule has 112 valence electrons. The van der Waals surface area contributed by atoms with E-state index in [1.165, 1.54) is 0 Å². The summed E-state index contributed by atoms with van der Waals surface area (Å²) in [6.45, 7) is 9.60. The lowest BCUT2D eigenvalue weighted by molar-refractivity contribution is -0.112. The lowest BCUT2D eigenvalue weighted by Gasteiger charge is -2.35. The predicted molar refractivity (Wildman–Crippen MR) is 80.7 cm³/mol. The molecule has 20 heavy (non-hydrogen) atoms. The molecule has 1 aromatic heterocycles. The molecule has 0 bridgehead atoms. The molecule has 0 aliphatic rings. The molecule has 5 nitrogen and oxygen atoms in total. The quantitative estimate of drug-likeness (QED) is 0.811. The summed E-state index contributed by atoms with van der Waals surface area (Å²) >= 11 is 3.32. The van der Waals surface area contributed by atoms with Gasteiger partial charge in [-0.05, 0) is 55.1 Å². The van der Waals surface area contributed by atoms with Gasteiger partial charge in [-0.2, -0.15) is 0 Å². The van der Waals surface area contributed by atoms with Crippen molar-refractivity contribution in [3.8, 4) is 5.88 Å². The number of hydrogen-bond donors (Lipinski definition) is 1. The summed E-state index contributed by atoms with van der Waals surface area (Å²) in [6.07, 6.45) is 1.15. The number of carboxylic acid groups (broad SMARTS) is 1. The van der Waals surface area contributed by atoms with E-state index in [4.69, 9.17) is 4.84 Å². The molecule has 0 radical (unpaired) electrons. The van der Waals surface area contributed by atoms with Gasteiger partial charge in [-0.25, -0.2) is 9.78 Å². The second kappa shape index (κ2) is 6.43. The van der Waals surface area contributed by atoms with Crippen LogP contribution in [0.2, 0.25) is 0 Å². The largest absolute Gasteiger partial charge is 0.463 e. The molecule has 1 N–H and O–H groups in total. The fourth-order valence-corrected chi connectivity index (χ4v) is 2.66. The van der Waals surface area contributed by atoms with E-state index in [-0.39, 0.29) is 0 Å². The van der Waals surface area contributed by atoms with Gasteiger partial charge in [0.2, 0.25) is 5.88 Å². The number of rotatable bonds is 5. The third-order valence-corrected chi connectivity index (χ3v) is 3.24. The molecule has 0 atom stereocenters. The van der Waals surface area contributed by atoms with Crippen LogP contribution in [-0.2, 0) is 0 Å². The van der Waals surface area contributed by atoms with Crippen LogP contribution in [-0.4, -0.2) is 26.8 Å². The third-order valence-electron chi connectivity index (χ3n) is 2.81. The molecule has 0 aliphatic carbocycles. The van der Waals surface area contributed by atoms with Gasteiger partial charge in [-0.15, -0.1) is 5.06 Å². The van der Waals surface area contributed by atoms with Crippen LogP contribution in [0.25, 0.3) is 0 Å². The van der Waals surface area contributed by atoms with E-state index in [2.05, 4.69) is 20.9 Å². The highest BCUT2D eigenvalue weighted by atomic mass is 79.9. The zero-order chi connectivity index (χ0) is 15.5. The average Bonchev–Trinajstić information content (AvgIpc) is 2.24. The van der Waals surface area contributed by atoms with Gasteiger partial charge in [-0.3, -0.25) is 0 Å². The minimum atomic E-state index is -1.13. The predicted octanol–water partition coefficient (Wildman–Crippen LogP) is 4.25. The summed E-state index contributed by atoms with van der Waals surface area (Å²) < 4.78 is 0.825. The van der Waals surface area contributed by atoms with E-state index in [1.54, 1.807) is 6.20 Å². The second-order valence-corrected chi connectivity index (χ2v) is 6.77. The Morgan fingerprint density at radius 2 is 2.15 bits per heavy atom. The van der Waals surface area contributed by atoms with Crippen LogP contribution in [0.15, 0.2) is 16.7 Å². The second-order valence-electron chi connectivity index (χ2n) is 5.85. The first-order valence-electron chi connectivity index (χ1n) is 6.46. The molecule has 1 amide bonds. The molecule has 1 aromatic rings. The van der Waals surface area contributed by atoms with Crippen molar-refractivity contribution in [1.29, 1.82) is 0 Å². The molecule has 6 heteroatoms. The summed E-state index contributed by atoms with van der Waals surface area (Å²) in [5, 5.41) is 10.4. The Hall–Kier alpha value is -1.30. The van der Waals surface area contributed by atoms with Gasteiger partial charge in [0.25, 0.3) is 0 Å². The van der Waals surface area contributed by atoms with Crippen molar-refractivity contribution >= 4 is 22.0 Å². The van der Waals surface area contributed by atoms with Crippen LogP contribution in [0.3, 0.4) is 0 Å². The summed E-state index contributed by atoms with van der Waals surface area (Å²) in [4.78, 5) is 21.1. The first kappa shape index (κ1) is 16.8. The Morgan fingerprint density at radius 3 is 2.60 bits per heavy atom. The van der Waals surface area contributed by atoms with Crippen molar-refractivity contribution in [2.75, 3.05) is 0 Å². The standard InChI is InChI=1S/C14H21BrN2O3/c1-9(2)7-14(4,5)17(13(18)19)20-12-10(3)6-11(15)8-16-12/h6,8-9H,7H2,1-5H3,(H,18,19). The van der Waals surface area contributed by atoms with Gasteiger partial charge >= 0.3 is 6.09 Å². The van der Waals surface area contributed by atoms with Crippen LogP contribution in [0, 0.1) is 12.8 Å². The first-order valence-corrected chi connectivity index (χ1v) is 7.26. The number of pyridine rings is 1. The van der Waals surface area contributed by atoms with Crippen LogP contribution >= 0.6 is 15.9 Å². The van der Waals surface area contributed by atoms with E-state index in [9.17, 15) is 9.90 Å². The molecular weight excluding hydrogens is 324 g/mol. The minimum absolute atomic E-state index is 0.299. The van der Waals surface area contributed by atoms with E-state index in [0.29, 0.717) is 18.2 Å². The maximum atomic E-state index is 11.5. The van der Waals surface area contributed by atoms with Gasteiger partial charge in [0.1, 0.15) is 0 Å². The number of amides is 1. The van der Waals surface area contributed by atoms with Gasteiger partial charge in [0.15, 0.2) is 0 Å². The molecule has 0 aliphatic heterocycles. The Balaban J connectivity index is 3.01. The topological polar surface area (TPSA) is 62.7 Å². The van der Waals surface area contributed by atoms with Gasteiger partial charge < -0.3 is 9.94 Å². The number of hydroxylamine groups is 2. The van der Waals surface area contributed by atoms with Gasteiger partial charge in [0, 0.05) is 16.2 Å². The molecule has 0 fully saturated rings. The molecular formula is C14H21BrN2O3. The van der Waals surface area contributed by atoms with E-state index < -0.39 is 11.6 Å². The maximum Gasteiger partial charge on any atom is 0.441 e. The average molecular weight is 345 g/mol. The number of hydrogen-bond acceptors (Lipinski definition) is 3. The maximum absolute atomic E-state index is 11.5. The summed E-state index contributed by atoms with van der Waals surface area (Å²) in [6, 6.07) is 1.83. The Kier molecular flexibility index (Phi) is 5.39. The van der Waals surface area contributed by atoms with E-state index >= 15 is 0 Å². The molecule has 0 saturated carbocycles. The SMILES string of the molecule is Cc1cc(Br)cnc1ON(C(=O)O)C(C)(C)CC(C)C. The Bertz CT molecular complexity index is 489. The van der Waals surface area contributed by atoms with Crippen molar-refractivity contribution in [3.63, 3.8) is 0 Å². The number of nitrogens with zero attached hydrogens (tertiary/aromatic N) is 2. The van der Waals surface area contributed by atoms with Gasteiger partial charge in [-0.1, -0.05) is 13.8 Å². The number of carbonyl (C=O) groups is 1. The zero-order valence-electron chi connectivity index (χ0n) is 12.5. The molecule has 0 unspecified atom stereocenters. The van der Waals surface area contributed by atoms with Crippen LogP contribution in [0.5, 0.6) is 5.88 Å². The fraction of sp³-hybridized carbons (Fsp3) is 0.571. The molecule has 0 saturated heterocycles. The highest BCUT2D eigenvalue weighted by molar-refractivity contribution is 9.10. The molecule has 0 aromatic carbocycles. The first-order chi connectivity index (χ1) is 9.13. The summed E-state index contributed by atoms with van der Waals surface area (Å²) in [7, 11) is 0. The fourth-order valence-electron chi connectivity index (χ4n) is 2.21. The Morgan fingerprint density at radius 1 is 1.55 bits per heavy atom. The van der Waals surface area contributed by atoms with Crippen molar-refractivity contribution in [2.45, 2.75) is 46.6 Å². The Labute approximate surface area is 128 Å². The third kappa shape index (κ3) is 4.37. The van der Waals surface area contributed by atoms with E-state index in [0.717, 1.165) is 15.1 Å². The normalized spacial score (nSPS) is 11.6. The molecule has 0 spiro atoms. The number of aryl methyl sites for hydroxylation is 1. The highest BCUT2D eigenvalue weighted by Crippen LogP contribution is 2.27. The number of halogens is 1. The van der Waals surface area contributed by atoms with Crippen molar-refractivity contribution in [3.05, 3.63) is 22.3 Å².